The largest absolute Gasteiger partial charge is 0.493 e. The number of amides is 1. The summed E-state index contributed by atoms with van der Waals surface area (Å²) in [6.07, 6.45) is 0. The lowest BCUT2D eigenvalue weighted by Gasteiger charge is -2.18. The van der Waals surface area contributed by atoms with Gasteiger partial charge in [0.1, 0.15) is 4.88 Å². The molecular weight excluding hydrogens is 324 g/mol. The number of thiazole rings is 1. The fourth-order valence-corrected chi connectivity index (χ4v) is 3.42. The predicted molar refractivity (Wildman–Crippen MR) is 96.3 cm³/mol. The molecule has 1 aromatic carbocycles. The van der Waals surface area contributed by atoms with E-state index in [1.807, 2.05) is 25.1 Å². The molecule has 0 N–H and O–H groups in total. The first-order valence-electron chi connectivity index (χ1n) is 7.81. The fraction of sp³-hybridized carbons (Fsp3) is 0.444. The van der Waals surface area contributed by atoms with Crippen LogP contribution in [0.3, 0.4) is 0 Å². The highest BCUT2D eigenvalue weighted by molar-refractivity contribution is 7.13. The number of aryl methyl sites for hydroxylation is 1. The molecule has 0 radical (unpaired) electrons. The summed E-state index contributed by atoms with van der Waals surface area (Å²) in [4.78, 5) is 19.6. The van der Waals surface area contributed by atoms with Gasteiger partial charge >= 0.3 is 0 Å². The van der Waals surface area contributed by atoms with Crippen LogP contribution in [0.15, 0.2) is 18.2 Å². The maximum atomic E-state index is 12.7. The third-order valence-electron chi connectivity index (χ3n) is 3.72. The topological polar surface area (TPSA) is 51.7 Å². The lowest BCUT2D eigenvalue weighted by Crippen LogP contribution is -2.26. The van der Waals surface area contributed by atoms with Gasteiger partial charge in [-0.25, -0.2) is 4.98 Å². The van der Waals surface area contributed by atoms with Crippen LogP contribution in [0.4, 0.5) is 0 Å². The number of carbonyl (C=O) groups excluding carboxylic acids is 1. The van der Waals surface area contributed by atoms with Crippen LogP contribution in [0.2, 0.25) is 0 Å². The molecule has 0 saturated carbocycles. The van der Waals surface area contributed by atoms with Crippen LogP contribution in [-0.4, -0.2) is 37.1 Å². The lowest BCUT2D eigenvalue weighted by molar-refractivity contribution is 0.0789. The number of methoxy groups -OCH3 is 2. The molecule has 0 saturated heterocycles. The van der Waals surface area contributed by atoms with Gasteiger partial charge in [-0.05, 0) is 24.6 Å². The third-order valence-corrected chi connectivity index (χ3v) is 5.16. The van der Waals surface area contributed by atoms with Crippen molar-refractivity contribution in [3.8, 4) is 11.5 Å². The predicted octanol–water partition coefficient (Wildman–Crippen LogP) is 3.86. The van der Waals surface area contributed by atoms with Crippen molar-refractivity contribution >= 4 is 17.2 Å². The van der Waals surface area contributed by atoms with Gasteiger partial charge in [-0.1, -0.05) is 19.9 Å². The minimum atomic E-state index is -0.00770. The second kappa shape index (κ2) is 7.66. The highest BCUT2D eigenvalue weighted by Gasteiger charge is 2.20. The molecule has 0 atom stereocenters. The Labute approximate surface area is 147 Å². The van der Waals surface area contributed by atoms with E-state index >= 15 is 0 Å². The van der Waals surface area contributed by atoms with Crippen molar-refractivity contribution in [1.29, 1.82) is 0 Å². The number of carbonyl (C=O) groups is 1. The molecule has 0 aliphatic rings. The van der Waals surface area contributed by atoms with Crippen LogP contribution in [0, 0.1) is 6.92 Å². The monoisotopic (exact) mass is 348 g/mol. The summed E-state index contributed by atoms with van der Waals surface area (Å²) in [5, 5.41) is 0.996. The molecule has 0 aliphatic heterocycles. The lowest BCUT2D eigenvalue weighted by atomic mass is 10.2. The SMILES string of the molecule is COc1ccc(CN(C)C(=O)c2sc(C(C)C)nc2C)cc1OC. The Balaban J connectivity index is 2.17. The minimum absolute atomic E-state index is 0.00770. The van der Waals surface area contributed by atoms with E-state index in [1.54, 1.807) is 26.2 Å². The maximum absolute atomic E-state index is 12.7. The first-order chi connectivity index (χ1) is 11.4. The van der Waals surface area contributed by atoms with Crippen LogP contribution in [-0.2, 0) is 6.54 Å². The van der Waals surface area contributed by atoms with Gasteiger partial charge < -0.3 is 14.4 Å². The van der Waals surface area contributed by atoms with E-state index in [0.29, 0.717) is 28.8 Å². The summed E-state index contributed by atoms with van der Waals surface area (Å²) in [6, 6.07) is 5.67. The van der Waals surface area contributed by atoms with Gasteiger partial charge in [0, 0.05) is 19.5 Å². The van der Waals surface area contributed by atoms with E-state index < -0.39 is 0 Å². The summed E-state index contributed by atoms with van der Waals surface area (Å²) in [5.41, 5.74) is 1.78. The van der Waals surface area contributed by atoms with E-state index in [-0.39, 0.29) is 5.91 Å². The van der Waals surface area contributed by atoms with Gasteiger partial charge in [-0.15, -0.1) is 11.3 Å². The van der Waals surface area contributed by atoms with Gasteiger partial charge in [0.05, 0.1) is 24.9 Å². The van der Waals surface area contributed by atoms with Crippen molar-refractivity contribution in [1.82, 2.24) is 9.88 Å². The Bertz CT molecular complexity index is 725. The molecule has 6 heteroatoms. The number of hydrogen-bond acceptors (Lipinski definition) is 5. The van der Waals surface area contributed by atoms with Crippen LogP contribution >= 0.6 is 11.3 Å². The molecule has 0 spiro atoms. The van der Waals surface area contributed by atoms with Gasteiger partial charge in [-0.2, -0.15) is 0 Å². The van der Waals surface area contributed by atoms with Crippen molar-refractivity contribution < 1.29 is 14.3 Å². The quantitative estimate of drug-likeness (QED) is 0.795. The highest BCUT2D eigenvalue weighted by Crippen LogP contribution is 2.29. The van der Waals surface area contributed by atoms with E-state index in [2.05, 4.69) is 18.8 Å². The molecule has 1 amide bonds. The summed E-state index contributed by atoms with van der Waals surface area (Å²) >= 11 is 1.48. The van der Waals surface area contributed by atoms with Gasteiger partial charge in [0.25, 0.3) is 5.91 Å². The van der Waals surface area contributed by atoms with Gasteiger partial charge in [0.2, 0.25) is 0 Å². The van der Waals surface area contributed by atoms with E-state index in [1.165, 1.54) is 11.3 Å². The van der Waals surface area contributed by atoms with Crippen LogP contribution < -0.4 is 9.47 Å². The highest BCUT2D eigenvalue weighted by atomic mass is 32.1. The second-order valence-corrected chi connectivity index (χ2v) is 7.00. The Hall–Kier alpha value is -2.08. The van der Waals surface area contributed by atoms with Gasteiger partial charge in [-0.3, -0.25) is 4.79 Å². The van der Waals surface area contributed by atoms with Crippen LogP contribution in [0.25, 0.3) is 0 Å². The zero-order valence-electron chi connectivity index (χ0n) is 15.0. The molecule has 0 fully saturated rings. The first-order valence-corrected chi connectivity index (χ1v) is 8.62. The maximum Gasteiger partial charge on any atom is 0.265 e. The number of aromatic nitrogens is 1. The third kappa shape index (κ3) is 3.87. The molecule has 1 heterocycles. The fourth-order valence-electron chi connectivity index (χ4n) is 2.36. The van der Waals surface area contributed by atoms with Crippen LogP contribution in [0.1, 0.15) is 45.7 Å². The van der Waals surface area contributed by atoms with Crippen molar-refractivity contribution in [3.63, 3.8) is 0 Å². The number of rotatable bonds is 6. The van der Waals surface area contributed by atoms with E-state index in [4.69, 9.17) is 9.47 Å². The molecule has 0 unspecified atom stereocenters. The van der Waals surface area contributed by atoms with Gasteiger partial charge in [0.15, 0.2) is 11.5 Å². The van der Waals surface area contributed by atoms with Crippen LogP contribution in [0.5, 0.6) is 11.5 Å². The molecule has 0 bridgehead atoms. The number of ether oxygens (including phenoxy) is 2. The van der Waals surface area contributed by atoms with Crippen molar-refractivity contribution in [2.24, 2.45) is 0 Å². The minimum Gasteiger partial charge on any atom is -0.493 e. The Morgan fingerprint density at radius 3 is 2.46 bits per heavy atom. The van der Waals surface area contributed by atoms with E-state index in [0.717, 1.165) is 16.3 Å². The van der Waals surface area contributed by atoms with Crippen molar-refractivity contribution in [2.45, 2.75) is 33.2 Å². The Kier molecular flexibility index (Phi) is 5.83. The number of benzene rings is 1. The standard InChI is InChI=1S/C18H24N2O3S/c1-11(2)17-19-12(3)16(24-17)18(21)20(4)10-13-7-8-14(22-5)15(9-13)23-6/h7-9,11H,10H2,1-6H3. The zero-order valence-corrected chi connectivity index (χ0v) is 15.9. The molecular formula is C18H24N2O3S. The summed E-state index contributed by atoms with van der Waals surface area (Å²) in [7, 11) is 5.00. The molecule has 1 aromatic heterocycles. The Morgan fingerprint density at radius 2 is 1.92 bits per heavy atom. The normalized spacial score (nSPS) is 10.8. The first kappa shape index (κ1) is 18.3. The van der Waals surface area contributed by atoms with Crippen molar-refractivity contribution in [3.05, 3.63) is 39.3 Å². The molecule has 0 aliphatic carbocycles. The summed E-state index contributed by atoms with van der Waals surface area (Å²) in [5.74, 6) is 1.65. The Morgan fingerprint density at radius 1 is 1.25 bits per heavy atom. The summed E-state index contributed by atoms with van der Waals surface area (Å²) < 4.78 is 10.6. The molecule has 2 rings (SSSR count). The average molecular weight is 348 g/mol. The zero-order chi connectivity index (χ0) is 17.9. The molecule has 130 valence electrons. The van der Waals surface area contributed by atoms with E-state index in [9.17, 15) is 4.79 Å². The van der Waals surface area contributed by atoms with Crippen molar-refractivity contribution in [2.75, 3.05) is 21.3 Å². The molecule has 5 nitrogen and oxygen atoms in total. The smallest absolute Gasteiger partial charge is 0.265 e. The molecule has 2 aromatic rings. The summed E-state index contributed by atoms with van der Waals surface area (Å²) in [6.45, 7) is 6.55. The number of hydrogen-bond donors (Lipinski definition) is 0. The molecule has 24 heavy (non-hydrogen) atoms. The average Bonchev–Trinajstić information content (AvgIpc) is 2.96. The number of nitrogens with zero attached hydrogens (tertiary/aromatic N) is 2. The second-order valence-electron chi connectivity index (χ2n) is 5.97.